The highest BCUT2D eigenvalue weighted by Gasteiger charge is 2.12. The van der Waals surface area contributed by atoms with Crippen LogP contribution in [0.3, 0.4) is 0 Å². The van der Waals surface area contributed by atoms with Crippen molar-refractivity contribution < 1.29 is 13.9 Å². The molecule has 0 aliphatic heterocycles. The third kappa shape index (κ3) is 2.96. The molecule has 2 aromatic rings. The maximum Gasteiger partial charge on any atom is 0.224 e. The van der Waals surface area contributed by atoms with Crippen LogP contribution in [0, 0.1) is 13.8 Å². The van der Waals surface area contributed by atoms with E-state index in [0.717, 1.165) is 22.1 Å². The molecule has 1 aromatic carbocycles. The third-order valence-corrected chi connectivity index (χ3v) is 3.32. The maximum absolute atomic E-state index is 11.8. The topological polar surface area (TPSA) is 51.5 Å². The first-order chi connectivity index (χ1) is 9.13. The fourth-order valence-electron chi connectivity index (χ4n) is 2.05. The first-order valence-electron chi connectivity index (χ1n) is 6.35. The van der Waals surface area contributed by atoms with Crippen molar-refractivity contribution in [3.63, 3.8) is 0 Å². The number of furan rings is 1. The highest BCUT2D eigenvalue weighted by molar-refractivity contribution is 5.89. The highest BCUT2D eigenvalue weighted by atomic mass is 16.5. The lowest BCUT2D eigenvalue weighted by Gasteiger charge is -2.04. The Morgan fingerprint density at radius 1 is 1.37 bits per heavy atom. The minimum Gasteiger partial charge on any atom is -0.464 e. The molecule has 4 heteroatoms. The molecule has 0 spiro atoms. The number of ether oxygens (including phenoxy) is 1. The molecule has 1 aromatic heterocycles. The number of methoxy groups -OCH3 is 1. The summed E-state index contributed by atoms with van der Waals surface area (Å²) in [6.07, 6.45) is 2.01. The number of benzene rings is 1. The molecule has 1 N–H and O–H groups in total. The summed E-state index contributed by atoms with van der Waals surface area (Å²) in [5.41, 5.74) is 4.12. The Morgan fingerprint density at radius 3 is 2.89 bits per heavy atom. The van der Waals surface area contributed by atoms with E-state index >= 15 is 0 Å². The van der Waals surface area contributed by atoms with Gasteiger partial charge in [0.05, 0.1) is 19.3 Å². The van der Waals surface area contributed by atoms with Gasteiger partial charge in [0, 0.05) is 24.6 Å². The summed E-state index contributed by atoms with van der Waals surface area (Å²) < 4.78 is 10.5. The van der Waals surface area contributed by atoms with Crippen LogP contribution in [0.1, 0.15) is 16.7 Å². The molecule has 0 unspecified atom stereocenters. The Balaban J connectivity index is 2.13. The lowest BCUT2D eigenvalue weighted by atomic mass is 10.0. The van der Waals surface area contributed by atoms with Crippen LogP contribution in [0.4, 0.5) is 0 Å². The van der Waals surface area contributed by atoms with Gasteiger partial charge in [-0.25, -0.2) is 0 Å². The molecule has 0 radical (unpaired) electrons. The molecular formula is C15H19NO3. The minimum atomic E-state index is -0.0158. The van der Waals surface area contributed by atoms with Crippen molar-refractivity contribution in [2.45, 2.75) is 20.3 Å². The zero-order valence-electron chi connectivity index (χ0n) is 11.6. The Kier molecular flexibility index (Phi) is 4.22. The van der Waals surface area contributed by atoms with Gasteiger partial charge >= 0.3 is 0 Å². The molecule has 0 aliphatic rings. The van der Waals surface area contributed by atoms with E-state index in [-0.39, 0.29) is 5.91 Å². The number of carbonyl (C=O) groups is 1. The van der Waals surface area contributed by atoms with E-state index < -0.39 is 0 Å². The van der Waals surface area contributed by atoms with Crippen molar-refractivity contribution >= 4 is 16.9 Å². The second kappa shape index (κ2) is 5.89. The van der Waals surface area contributed by atoms with Gasteiger partial charge in [-0.1, -0.05) is 12.1 Å². The summed E-state index contributed by atoms with van der Waals surface area (Å²) in [6.45, 7) is 5.14. The van der Waals surface area contributed by atoms with Crippen LogP contribution in [0.25, 0.3) is 11.0 Å². The van der Waals surface area contributed by atoms with E-state index in [9.17, 15) is 4.79 Å². The number of hydrogen-bond acceptors (Lipinski definition) is 3. The van der Waals surface area contributed by atoms with Gasteiger partial charge in [0.1, 0.15) is 5.58 Å². The molecule has 4 nitrogen and oxygen atoms in total. The fraction of sp³-hybridized carbons (Fsp3) is 0.400. The average Bonchev–Trinajstić information content (AvgIpc) is 2.78. The summed E-state index contributed by atoms with van der Waals surface area (Å²) in [4.78, 5) is 11.8. The Hall–Kier alpha value is -1.81. The molecular weight excluding hydrogens is 242 g/mol. The van der Waals surface area contributed by atoms with Gasteiger partial charge < -0.3 is 14.5 Å². The molecule has 1 amide bonds. The largest absolute Gasteiger partial charge is 0.464 e. The average molecular weight is 261 g/mol. The van der Waals surface area contributed by atoms with Gasteiger partial charge in [0.15, 0.2) is 0 Å². The number of aryl methyl sites for hydroxylation is 2. The fourth-order valence-corrected chi connectivity index (χ4v) is 2.05. The predicted molar refractivity (Wildman–Crippen MR) is 74.3 cm³/mol. The van der Waals surface area contributed by atoms with Gasteiger partial charge in [-0.05, 0) is 25.0 Å². The number of fused-ring (bicyclic) bond motifs is 1. The lowest BCUT2D eigenvalue weighted by molar-refractivity contribution is -0.120. The second-order valence-corrected chi connectivity index (χ2v) is 4.66. The number of rotatable bonds is 5. The van der Waals surface area contributed by atoms with Crippen LogP contribution < -0.4 is 5.32 Å². The van der Waals surface area contributed by atoms with Crippen molar-refractivity contribution in [2.75, 3.05) is 20.3 Å². The zero-order chi connectivity index (χ0) is 13.8. The first kappa shape index (κ1) is 13.6. The molecule has 1 heterocycles. The van der Waals surface area contributed by atoms with E-state index in [2.05, 4.69) is 18.3 Å². The number of nitrogens with one attached hydrogen (secondary N) is 1. The summed E-state index contributed by atoms with van der Waals surface area (Å²) in [5, 5.41) is 3.83. The number of amides is 1. The van der Waals surface area contributed by atoms with Crippen molar-refractivity contribution in [1.29, 1.82) is 0 Å². The SMILES string of the molecule is COCCNC(=O)Cc1coc2c(C)c(C)ccc12. The monoisotopic (exact) mass is 261 g/mol. The van der Waals surface area contributed by atoms with E-state index in [4.69, 9.17) is 9.15 Å². The Labute approximate surface area is 112 Å². The van der Waals surface area contributed by atoms with Crippen molar-refractivity contribution in [2.24, 2.45) is 0 Å². The van der Waals surface area contributed by atoms with E-state index in [1.165, 1.54) is 5.56 Å². The summed E-state index contributed by atoms with van der Waals surface area (Å²) >= 11 is 0. The van der Waals surface area contributed by atoms with Crippen LogP contribution in [0.15, 0.2) is 22.8 Å². The van der Waals surface area contributed by atoms with Crippen molar-refractivity contribution in [3.8, 4) is 0 Å². The summed E-state index contributed by atoms with van der Waals surface area (Å²) in [5.74, 6) is -0.0158. The highest BCUT2D eigenvalue weighted by Crippen LogP contribution is 2.26. The predicted octanol–water partition coefficient (Wildman–Crippen LogP) is 2.35. The van der Waals surface area contributed by atoms with Crippen LogP contribution in [0.5, 0.6) is 0 Å². The van der Waals surface area contributed by atoms with Gasteiger partial charge in [-0.2, -0.15) is 0 Å². The molecule has 0 saturated heterocycles. The summed E-state index contributed by atoms with van der Waals surface area (Å²) in [7, 11) is 1.61. The second-order valence-electron chi connectivity index (χ2n) is 4.66. The standard InChI is InChI=1S/C15H19NO3/c1-10-4-5-13-12(9-19-15(13)11(10)2)8-14(17)16-6-7-18-3/h4-5,9H,6-8H2,1-3H3,(H,16,17). The molecule has 0 bridgehead atoms. The minimum absolute atomic E-state index is 0.0158. The Morgan fingerprint density at radius 2 is 2.16 bits per heavy atom. The molecule has 0 aliphatic carbocycles. The quantitative estimate of drug-likeness (QED) is 0.841. The van der Waals surface area contributed by atoms with Crippen molar-refractivity contribution in [3.05, 3.63) is 35.1 Å². The van der Waals surface area contributed by atoms with Gasteiger partial charge in [0.2, 0.25) is 5.91 Å². The summed E-state index contributed by atoms with van der Waals surface area (Å²) in [6, 6.07) is 4.07. The van der Waals surface area contributed by atoms with Crippen LogP contribution in [-0.2, 0) is 16.0 Å². The molecule has 0 atom stereocenters. The first-order valence-corrected chi connectivity index (χ1v) is 6.35. The normalized spacial score (nSPS) is 10.9. The lowest BCUT2D eigenvalue weighted by Crippen LogP contribution is -2.28. The van der Waals surface area contributed by atoms with Crippen LogP contribution in [-0.4, -0.2) is 26.2 Å². The molecule has 19 heavy (non-hydrogen) atoms. The van der Waals surface area contributed by atoms with E-state index in [0.29, 0.717) is 19.6 Å². The van der Waals surface area contributed by atoms with Gasteiger partial charge in [-0.15, -0.1) is 0 Å². The molecule has 0 fully saturated rings. The zero-order valence-corrected chi connectivity index (χ0v) is 11.6. The molecule has 0 saturated carbocycles. The maximum atomic E-state index is 11.8. The number of carbonyl (C=O) groups excluding carboxylic acids is 1. The molecule has 102 valence electrons. The van der Waals surface area contributed by atoms with Crippen LogP contribution in [0.2, 0.25) is 0 Å². The smallest absolute Gasteiger partial charge is 0.224 e. The van der Waals surface area contributed by atoms with E-state index in [1.54, 1.807) is 13.4 Å². The van der Waals surface area contributed by atoms with Crippen LogP contribution >= 0.6 is 0 Å². The molecule has 2 rings (SSSR count). The third-order valence-electron chi connectivity index (χ3n) is 3.32. The van der Waals surface area contributed by atoms with Crippen molar-refractivity contribution in [1.82, 2.24) is 5.32 Å². The number of hydrogen-bond donors (Lipinski definition) is 1. The van der Waals surface area contributed by atoms with Gasteiger partial charge in [-0.3, -0.25) is 4.79 Å². The van der Waals surface area contributed by atoms with Gasteiger partial charge in [0.25, 0.3) is 0 Å². The van der Waals surface area contributed by atoms with E-state index in [1.807, 2.05) is 13.0 Å². The Bertz CT molecular complexity index is 586.